The highest BCUT2D eigenvalue weighted by molar-refractivity contribution is 4.52. The number of aliphatic hydroxyl groups excluding tert-OH is 1. The molecule has 0 rings (SSSR count). The van der Waals surface area contributed by atoms with Gasteiger partial charge in [-0.1, -0.05) is 12.8 Å². The third-order valence-electron chi connectivity index (χ3n) is 2.50. The Morgan fingerprint density at radius 3 is 2.38 bits per heavy atom. The van der Waals surface area contributed by atoms with Crippen molar-refractivity contribution in [3.05, 3.63) is 0 Å². The Labute approximate surface area is 99.5 Å². The van der Waals surface area contributed by atoms with Gasteiger partial charge in [0.05, 0.1) is 19.8 Å². The first-order valence-electron chi connectivity index (χ1n) is 6.17. The van der Waals surface area contributed by atoms with Crippen LogP contribution in [0.15, 0.2) is 0 Å². The van der Waals surface area contributed by atoms with Crippen molar-refractivity contribution < 1.29 is 14.6 Å². The van der Waals surface area contributed by atoms with Crippen molar-refractivity contribution >= 4 is 0 Å². The number of hydrogen-bond donors (Lipinski definition) is 1. The number of nitrogens with zero attached hydrogens (tertiary/aromatic N) is 1. The summed E-state index contributed by atoms with van der Waals surface area (Å²) in [6.07, 6.45) is 4.47. The fourth-order valence-electron chi connectivity index (χ4n) is 1.42. The molecule has 0 aromatic rings. The molecule has 1 N–H and O–H groups in total. The molecule has 4 nitrogen and oxygen atoms in total. The summed E-state index contributed by atoms with van der Waals surface area (Å²) in [6, 6.07) is 0. The van der Waals surface area contributed by atoms with E-state index in [4.69, 9.17) is 14.6 Å². The monoisotopic (exact) mass is 233 g/mol. The minimum Gasteiger partial charge on any atom is -0.396 e. The van der Waals surface area contributed by atoms with Gasteiger partial charge in [0.2, 0.25) is 0 Å². The molecule has 0 aromatic carbocycles. The number of likely N-dealkylation sites (N-methyl/N-ethyl adjacent to an activating group) is 1. The van der Waals surface area contributed by atoms with Gasteiger partial charge in [0.1, 0.15) is 0 Å². The average molecular weight is 233 g/mol. The first-order valence-corrected chi connectivity index (χ1v) is 6.17. The molecule has 0 aliphatic carbocycles. The van der Waals surface area contributed by atoms with Crippen LogP contribution >= 0.6 is 0 Å². The zero-order valence-corrected chi connectivity index (χ0v) is 10.8. The van der Waals surface area contributed by atoms with Gasteiger partial charge in [-0.15, -0.1) is 0 Å². The lowest BCUT2D eigenvalue weighted by Crippen LogP contribution is -2.24. The van der Waals surface area contributed by atoms with Crippen LogP contribution in [0.4, 0.5) is 0 Å². The van der Waals surface area contributed by atoms with Crippen molar-refractivity contribution in [3.63, 3.8) is 0 Å². The van der Waals surface area contributed by atoms with E-state index >= 15 is 0 Å². The van der Waals surface area contributed by atoms with E-state index in [1.165, 1.54) is 12.8 Å². The Bertz CT molecular complexity index is 119. The summed E-state index contributed by atoms with van der Waals surface area (Å²) in [6.45, 7) is 4.54. The Balaban J connectivity index is 3.09. The molecule has 4 heteroatoms. The molecule has 98 valence electrons. The molecule has 0 radical (unpaired) electrons. The second-order valence-corrected chi connectivity index (χ2v) is 4.05. The highest BCUT2D eigenvalue weighted by Gasteiger charge is 1.98. The van der Waals surface area contributed by atoms with E-state index in [-0.39, 0.29) is 0 Å². The van der Waals surface area contributed by atoms with Gasteiger partial charge < -0.3 is 19.5 Å². The van der Waals surface area contributed by atoms with Crippen molar-refractivity contribution in [2.45, 2.75) is 25.7 Å². The zero-order valence-electron chi connectivity index (χ0n) is 10.8. The van der Waals surface area contributed by atoms with Gasteiger partial charge in [0.25, 0.3) is 0 Å². The van der Waals surface area contributed by atoms with Gasteiger partial charge in [-0.05, 0) is 26.4 Å². The maximum atomic E-state index is 8.62. The number of ether oxygens (including phenoxy) is 2. The van der Waals surface area contributed by atoms with Crippen LogP contribution in [-0.4, -0.2) is 63.7 Å². The van der Waals surface area contributed by atoms with Gasteiger partial charge in [-0.3, -0.25) is 0 Å². The topological polar surface area (TPSA) is 41.9 Å². The predicted molar refractivity (Wildman–Crippen MR) is 65.7 cm³/mol. The SMILES string of the molecule is COCCOCCN(C)CCCCCCO. The van der Waals surface area contributed by atoms with Crippen LogP contribution in [0.2, 0.25) is 0 Å². The molecule has 0 heterocycles. The maximum absolute atomic E-state index is 8.62. The van der Waals surface area contributed by atoms with Crippen molar-refractivity contribution in [3.8, 4) is 0 Å². The Hall–Kier alpha value is -0.160. The molecular formula is C12H27NO3. The number of unbranched alkanes of at least 4 members (excludes halogenated alkanes) is 3. The number of methoxy groups -OCH3 is 1. The third kappa shape index (κ3) is 11.9. The largest absolute Gasteiger partial charge is 0.396 e. The van der Waals surface area contributed by atoms with Crippen LogP contribution in [0.1, 0.15) is 25.7 Å². The third-order valence-corrected chi connectivity index (χ3v) is 2.50. The smallest absolute Gasteiger partial charge is 0.0700 e. The second kappa shape index (κ2) is 12.9. The van der Waals surface area contributed by atoms with Gasteiger partial charge >= 0.3 is 0 Å². The van der Waals surface area contributed by atoms with Crippen LogP contribution in [0.3, 0.4) is 0 Å². The minimum absolute atomic E-state index is 0.323. The Morgan fingerprint density at radius 1 is 0.938 bits per heavy atom. The predicted octanol–water partition coefficient (Wildman–Crippen LogP) is 1.13. The van der Waals surface area contributed by atoms with E-state index in [9.17, 15) is 0 Å². The van der Waals surface area contributed by atoms with E-state index in [1.54, 1.807) is 7.11 Å². The molecule has 0 saturated heterocycles. The molecule has 0 unspecified atom stereocenters. The van der Waals surface area contributed by atoms with E-state index in [1.807, 2.05) is 0 Å². The lowest BCUT2D eigenvalue weighted by molar-refractivity contribution is 0.0604. The standard InChI is InChI=1S/C12H27NO3/c1-13(7-5-3-4-6-9-14)8-10-16-12-11-15-2/h14H,3-12H2,1-2H3. The molecule has 0 spiro atoms. The van der Waals surface area contributed by atoms with E-state index in [0.717, 1.165) is 32.5 Å². The van der Waals surface area contributed by atoms with Crippen molar-refractivity contribution in [2.24, 2.45) is 0 Å². The van der Waals surface area contributed by atoms with Crippen LogP contribution in [0, 0.1) is 0 Å². The fourth-order valence-corrected chi connectivity index (χ4v) is 1.42. The summed E-state index contributed by atoms with van der Waals surface area (Å²) in [5.41, 5.74) is 0. The summed E-state index contributed by atoms with van der Waals surface area (Å²) >= 11 is 0. The molecule has 0 aliphatic heterocycles. The van der Waals surface area contributed by atoms with E-state index < -0.39 is 0 Å². The Morgan fingerprint density at radius 2 is 1.69 bits per heavy atom. The highest BCUT2D eigenvalue weighted by atomic mass is 16.5. The molecule has 0 aliphatic rings. The first-order chi connectivity index (χ1) is 7.81. The fraction of sp³-hybridized carbons (Fsp3) is 1.00. The van der Waals surface area contributed by atoms with Crippen LogP contribution in [0.25, 0.3) is 0 Å². The molecule has 0 fully saturated rings. The Kier molecular flexibility index (Phi) is 12.8. The first kappa shape index (κ1) is 15.8. The zero-order chi connectivity index (χ0) is 12.1. The summed E-state index contributed by atoms with van der Waals surface area (Å²) in [5.74, 6) is 0. The molecule has 0 bridgehead atoms. The van der Waals surface area contributed by atoms with Gasteiger partial charge in [-0.2, -0.15) is 0 Å². The highest BCUT2D eigenvalue weighted by Crippen LogP contribution is 2.00. The number of rotatable bonds is 12. The number of aliphatic hydroxyl groups is 1. The number of hydrogen-bond acceptors (Lipinski definition) is 4. The van der Waals surface area contributed by atoms with Crippen molar-refractivity contribution in [2.75, 3.05) is 53.7 Å². The lowest BCUT2D eigenvalue weighted by atomic mass is 10.2. The quantitative estimate of drug-likeness (QED) is 0.513. The summed E-state index contributed by atoms with van der Waals surface area (Å²) in [4.78, 5) is 2.28. The molecule has 0 aromatic heterocycles. The summed E-state index contributed by atoms with van der Waals surface area (Å²) in [7, 11) is 3.80. The van der Waals surface area contributed by atoms with E-state index in [2.05, 4.69) is 11.9 Å². The van der Waals surface area contributed by atoms with Crippen LogP contribution < -0.4 is 0 Å². The van der Waals surface area contributed by atoms with E-state index in [0.29, 0.717) is 19.8 Å². The van der Waals surface area contributed by atoms with Gasteiger partial charge in [0.15, 0.2) is 0 Å². The van der Waals surface area contributed by atoms with Gasteiger partial charge in [0, 0.05) is 20.3 Å². The second-order valence-electron chi connectivity index (χ2n) is 4.05. The summed E-state index contributed by atoms with van der Waals surface area (Å²) in [5, 5.41) is 8.62. The normalized spacial score (nSPS) is 11.2. The molecule has 0 saturated carbocycles. The minimum atomic E-state index is 0.323. The van der Waals surface area contributed by atoms with Crippen LogP contribution in [-0.2, 0) is 9.47 Å². The van der Waals surface area contributed by atoms with Gasteiger partial charge in [-0.25, -0.2) is 0 Å². The molecule has 0 amide bonds. The summed E-state index contributed by atoms with van der Waals surface area (Å²) < 4.78 is 10.3. The van der Waals surface area contributed by atoms with Crippen molar-refractivity contribution in [1.82, 2.24) is 4.90 Å². The van der Waals surface area contributed by atoms with Crippen LogP contribution in [0.5, 0.6) is 0 Å². The molecular weight excluding hydrogens is 206 g/mol. The average Bonchev–Trinajstić information content (AvgIpc) is 2.28. The van der Waals surface area contributed by atoms with Crippen molar-refractivity contribution in [1.29, 1.82) is 0 Å². The maximum Gasteiger partial charge on any atom is 0.0700 e. The molecule has 0 atom stereocenters. The lowest BCUT2D eigenvalue weighted by Gasteiger charge is -2.16. The molecule has 16 heavy (non-hydrogen) atoms.